The van der Waals surface area contributed by atoms with Crippen molar-refractivity contribution in [2.24, 2.45) is 0 Å². The van der Waals surface area contributed by atoms with E-state index in [1.54, 1.807) is 0 Å². The fraction of sp³-hybridized carbons (Fsp3) is 0.136. The molecule has 27 heavy (non-hydrogen) atoms. The third kappa shape index (κ3) is 5.70. The molecule has 2 nitrogen and oxygen atoms in total. The van der Waals surface area contributed by atoms with E-state index in [0.29, 0.717) is 18.2 Å². The first-order valence-electron chi connectivity index (χ1n) is 8.62. The Hall–Kier alpha value is -2.07. The number of halogens is 2. The first-order chi connectivity index (χ1) is 13.0. The average Bonchev–Trinajstić information content (AvgIpc) is 2.67. The summed E-state index contributed by atoms with van der Waals surface area (Å²) in [4.78, 5) is 2.13. The number of thiocarbonyl (C=S) groups is 1. The van der Waals surface area contributed by atoms with E-state index in [9.17, 15) is 0 Å². The van der Waals surface area contributed by atoms with E-state index in [-0.39, 0.29) is 0 Å². The van der Waals surface area contributed by atoms with Crippen LogP contribution >= 0.6 is 35.4 Å². The number of benzene rings is 3. The molecule has 0 atom stereocenters. The molecule has 0 spiro atoms. The van der Waals surface area contributed by atoms with E-state index in [1.807, 2.05) is 67.6 Å². The second-order valence-corrected chi connectivity index (χ2v) is 7.59. The van der Waals surface area contributed by atoms with Crippen molar-refractivity contribution in [1.29, 1.82) is 0 Å². The van der Waals surface area contributed by atoms with Gasteiger partial charge in [0.15, 0.2) is 5.11 Å². The standard InChI is InChI=1S/C22H20Cl2N2S/c1-16-7-12-20(13-21(16)24)25-22(27)26(14-17-5-3-2-4-6-17)15-18-8-10-19(23)11-9-18/h2-13H,14-15H2,1H3,(H,25,27). The molecule has 0 amide bonds. The molecule has 3 aromatic rings. The molecule has 0 unspecified atom stereocenters. The molecule has 0 bridgehead atoms. The maximum atomic E-state index is 6.24. The van der Waals surface area contributed by atoms with Gasteiger partial charge in [0, 0.05) is 28.8 Å². The summed E-state index contributed by atoms with van der Waals surface area (Å²) in [5.74, 6) is 0. The van der Waals surface area contributed by atoms with Crippen molar-refractivity contribution in [3.8, 4) is 0 Å². The summed E-state index contributed by atoms with van der Waals surface area (Å²) in [6.45, 7) is 3.36. The minimum atomic E-state index is 0.647. The number of nitrogens with one attached hydrogen (secondary N) is 1. The molecule has 0 aromatic heterocycles. The zero-order valence-electron chi connectivity index (χ0n) is 15.0. The van der Waals surface area contributed by atoms with Crippen molar-refractivity contribution in [2.75, 3.05) is 5.32 Å². The molecular weight excluding hydrogens is 395 g/mol. The Kier molecular flexibility index (Phi) is 6.73. The molecule has 138 valence electrons. The number of hydrogen-bond acceptors (Lipinski definition) is 1. The van der Waals surface area contributed by atoms with Gasteiger partial charge < -0.3 is 10.2 Å². The maximum absolute atomic E-state index is 6.24. The molecule has 3 rings (SSSR count). The largest absolute Gasteiger partial charge is 0.340 e. The Bertz CT molecular complexity index is 911. The molecule has 5 heteroatoms. The molecule has 0 aliphatic carbocycles. The van der Waals surface area contributed by atoms with Crippen molar-refractivity contribution >= 4 is 46.2 Å². The normalized spacial score (nSPS) is 10.5. The zero-order chi connectivity index (χ0) is 19.2. The van der Waals surface area contributed by atoms with Crippen molar-refractivity contribution in [3.05, 3.63) is 99.5 Å². The lowest BCUT2D eigenvalue weighted by Crippen LogP contribution is -2.33. The monoisotopic (exact) mass is 414 g/mol. The summed E-state index contributed by atoms with van der Waals surface area (Å²) < 4.78 is 0. The lowest BCUT2D eigenvalue weighted by molar-refractivity contribution is 0.413. The molecule has 0 aliphatic heterocycles. The van der Waals surface area contributed by atoms with Crippen LogP contribution in [-0.2, 0) is 13.1 Å². The minimum absolute atomic E-state index is 0.647. The van der Waals surface area contributed by atoms with Gasteiger partial charge in [0.2, 0.25) is 0 Å². The van der Waals surface area contributed by atoms with Crippen LogP contribution in [0.25, 0.3) is 0 Å². The summed E-state index contributed by atoms with van der Waals surface area (Å²) >= 11 is 18.0. The zero-order valence-corrected chi connectivity index (χ0v) is 17.3. The van der Waals surface area contributed by atoms with E-state index in [0.717, 1.165) is 26.9 Å². The number of aryl methyl sites for hydroxylation is 1. The van der Waals surface area contributed by atoms with Gasteiger partial charge >= 0.3 is 0 Å². The summed E-state index contributed by atoms with van der Waals surface area (Å²) in [5, 5.41) is 5.40. The fourth-order valence-corrected chi connectivity index (χ4v) is 3.24. The van der Waals surface area contributed by atoms with Crippen molar-refractivity contribution in [2.45, 2.75) is 20.0 Å². The van der Waals surface area contributed by atoms with Crippen LogP contribution in [0.4, 0.5) is 5.69 Å². The first kappa shape index (κ1) is 19.7. The predicted octanol–water partition coefficient (Wildman–Crippen LogP) is 6.70. The summed E-state index contributed by atoms with van der Waals surface area (Å²) in [7, 11) is 0. The molecule has 1 N–H and O–H groups in total. The van der Waals surface area contributed by atoms with Crippen LogP contribution in [0.15, 0.2) is 72.8 Å². The van der Waals surface area contributed by atoms with Crippen LogP contribution < -0.4 is 5.32 Å². The third-order valence-electron chi connectivity index (χ3n) is 4.21. The number of nitrogens with zero attached hydrogens (tertiary/aromatic N) is 1. The van der Waals surface area contributed by atoms with E-state index < -0.39 is 0 Å². The van der Waals surface area contributed by atoms with Crippen LogP contribution in [0.1, 0.15) is 16.7 Å². The average molecular weight is 415 g/mol. The molecule has 0 radical (unpaired) electrons. The van der Waals surface area contributed by atoms with Crippen LogP contribution in [0, 0.1) is 6.92 Å². The molecular formula is C22H20Cl2N2S. The van der Waals surface area contributed by atoms with Crippen molar-refractivity contribution in [1.82, 2.24) is 4.90 Å². The van der Waals surface area contributed by atoms with E-state index >= 15 is 0 Å². The Morgan fingerprint density at radius 3 is 2.15 bits per heavy atom. The van der Waals surface area contributed by atoms with Gasteiger partial charge in [0.1, 0.15) is 0 Å². The number of anilines is 1. The Labute approximate surface area is 175 Å². The Morgan fingerprint density at radius 1 is 0.889 bits per heavy atom. The molecule has 0 saturated heterocycles. The summed E-state index contributed by atoms with van der Waals surface area (Å²) in [6, 6.07) is 24.0. The molecule has 0 saturated carbocycles. The highest BCUT2D eigenvalue weighted by atomic mass is 35.5. The van der Waals surface area contributed by atoms with Gasteiger partial charge in [-0.25, -0.2) is 0 Å². The summed E-state index contributed by atoms with van der Waals surface area (Å²) in [5.41, 5.74) is 4.25. The molecule has 0 fully saturated rings. The fourth-order valence-electron chi connectivity index (χ4n) is 2.69. The third-order valence-corrected chi connectivity index (χ3v) is 5.23. The number of hydrogen-bond donors (Lipinski definition) is 1. The topological polar surface area (TPSA) is 15.3 Å². The van der Waals surface area contributed by atoms with Gasteiger partial charge in [-0.2, -0.15) is 0 Å². The van der Waals surface area contributed by atoms with Crippen LogP contribution in [0.5, 0.6) is 0 Å². The first-order valence-corrected chi connectivity index (χ1v) is 9.78. The smallest absolute Gasteiger partial charge is 0.174 e. The van der Waals surface area contributed by atoms with E-state index in [4.69, 9.17) is 35.4 Å². The minimum Gasteiger partial charge on any atom is -0.340 e. The lowest BCUT2D eigenvalue weighted by Gasteiger charge is -2.26. The Morgan fingerprint density at radius 2 is 1.52 bits per heavy atom. The highest BCUT2D eigenvalue weighted by Crippen LogP contribution is 2.21. The van der Waals surface area contributed by atoms with Crippen molar-refractivity contribution < 1.29 is 0 Å². The van der Waals surface area contributed by atoms with Gasteiger partial charge in [-0.3, -0.25) is 0 Å². The van der Waals surface area contributed by atoms with Gasteiger partial charge in [-0.05, 0) is 60.1 Å². The highest BCUT2D eigenvalue weighted by Gasteiger charge is 2.12. The molecule has 0 heterocycles. The quantitative estimate of drug-likeness (QED) is 0.467. The SMILES string of the molecule is Cc1ccc(NC(=S)N(Cc2ccccc2)Cc2ccc(Cl)cc2)cc1Cl. The maximum Gasteiger partial charge on any atom is 0.174 e. The lowest BCUT2D eigenvalue weighted by atomic mass is 10.2. The van der Waals surface area contributed by atoms with E-state index in [2.05, 4.69) is 22.3 Å². The van der Waals surface area contributed by atoms with Gasteiger partial charge in [0.25, 0.3) is 0 Å². The van der Waals surface area contributed by atoms with Crippen LogP contribution in [0.3, 0.4) is 0 Å². The van der Waals surface area contributed by atoms with Gasteiger partial charge in [-0.1, -0.05) is 71.7 Å². The highest BCUT2D eigenvalue weighted by molar-refractivity contribution is 7.80. The Balaban J connectivity index is 1.79. The van der Waals surface area contributed by atoms with Gasteiger partial charge in [-0.15, -0.1) is 0 Å². The van der Waals surface area contributed by atoms with Crippen LogP contribution in [0.2, 0.25) is 10.0 Å². The van der Waals surface area contributed by atoms with E-state index in [1.165, 1.54) is 5.56 Å². The van der Waals surface area contributed by atoms with Gasteiger partial charge in [0.05, 0.1) is 0 Å². The number of rotatable bonds is 5. The van der Waals surface area contributed by atoms with Crippen molar-refractivity contribution in [3.63, 3.8) is 0 Å². The second-order valence-electron chi connectivity index (χ2n) is 6.36. The summed E-state index contributed by atoms with van der Waals surface area (Å²) in [6.07, 6.45) is 0. The molecule has 0 aliphatic rings. The second kappa shape index (κ2) is 9.23. The predicted molar refractivity (Wildman–Crippen MR) is 120 cm³/mol. The van der Waals surface area contributed by atoms with Crippen LogP contribution in [-0.4, -0.2) is 10.0 Å². The molecule has 3 aromatic carbocycles.